The number of carboxylic acid groups (broad SMARTS) is 4. The molecular formula is C32H49N3O14. The van der Waals surface area contributed by atoms with Crippen molar-refractivity contribution in [2.24, 2.45) is 17.8 Å². The van der Waals surface area contributed by atoms with E-state index in [-0.39, 0.29) is 50.2 Å². The van der Waals surface area contributed by atoms with Gasteiger partial charge >= 0.3 is 23.9 Å². The second-order valence-electron chi connectivity index (χ2n) is 12.1. The van der Waals surface area contributed by atoms with Gasteiger partial charge in [0.1, 0.15) is 29.4 Å². The highest BCUT2D eigenvalue weighted by atomic mass is 16.4. The summed E-state index contributed by atoms with van der Waals surface area (Å²) in [5, 5.41) is 44.6. The first-order chi connectivity index (χ1) is 22.8. The van der Waals surface area contributed by atoms with E-state index in [9.17, 15) is 63.3 Å². The number of unbranched alkanes of at least 4 members (excludes halogenated alkanes) is 1. The number of carbonyl (C=O) groups is 10. The first-order valence-electron chi connectivity index (χ1n) is 16.1. The van der Waals surface area contributed by atoms with Crippen LogP contribution in [0.4, 0.5) is 0 Å². The molecule has 0 heterocycles. The van der Waals surface area contributed by atoms with E-state index in [1.807, 2.05) is 6.92 Å². The maximum absolute atomic E-state index is 12.5. The van der Waals surface area contributed by atoms with Crippen LogP contribution in [0.2, 0.25) is 0 Å². The van der Waals surface area contributed by atoms with Gasteiger partial charge in [-0.15, -0.1) is 0 Å². The van der Waals surface area contributed by atoms with Gasteiger partial charge in [-0.05, 0) is 52.4 Å². The standard InChI is InChI=1S/C32H49N3O14/c1-18(20(3)37)6-4-5-15-33-26(39)14-11-25(32(48)49)35-28(41)13-8-22(30(44)45)17-23(38)9-10-24(31(46)47)34-27(40)12-7-21(29(42)43)16-19(2)36/h18,21-22,24-25H,4-17H2,1-3H3,(H,33,39)(H,34,40)(H,35,41)(H,42,43)(H,44,45)(H,46,47)(H,48,49)/t18-,21+,22+,24-,25-/m0/s1. The van der Waals surface area contributed by atoms with Gasteiger partial charge in [-0.1, -0.05) is 13.3 Å². The Labute approximate surface area is 283 Å². The molecular weight excluding hydrogens is 650 g/mol. The molecule has 0 bridgehead atoms. The number of nitrogens with one attached hydrogen (secondary N) is 3. The summed E-state index contributed by atoms with van der Waals surface area (Å²) in [6.45, 7) is 4.87. The molecule has 0 fully saturated rings. The van der Waals surface area contributed by atoms with E-state index in [0.717, 1.165) is 6.42 Å². The summed E-state index contributed by atoms with van der Waals surface area (Å²) in [5.74, 6) is -11.1. The van der Waals surface area contributed by atoms with Crippen molar-refractivity contribution in [2.45, 2.75) is 116 Å². The van der Waals surface area contributed by atoms with E-state index in [0.29, 0.717) is 19.4 Å². The fourth-order valence-corrected chi connectivity index (χ4v) is 4.68. The first-order valence-corrected chi connectivity index (χ1v) is 16.1. The van der Waals surface area contributed by atoms with Crippen molar-refractivity contribution in [2.75, 3.05) is 6.54 Å². The molecule has 276 valence electrons. The molecule has 0 unspecified atom stereocenters. The Morgan fingerprint density at radius 3 is 1.41 bits per heavy atom. The molecule has 0 aliphatic heterocycles. The van der Waals surface area contributed by atoms with Crippen molar-refractivity contribution in [3.63, 3.8) is 0 Å². The Kier molecular flexibility index (Phi) is 21.3. The first kappa shape index (κ1) is 44.3. The number of carbonyl (C=O) groups excluding carboxylic acids is 6. The minimum absolute atomic E-state index is 0.0694. The third-order valence-electron chi connectivity index (χ3n) is 7.86. The van der Waals surface area contributed by atoms with Gasteiger partial charge < -0.3 is 41.2 Å². The van der Waals surface area contributed by atoms with Gasteiger partial charge in [0.25, 0.3) is 0 Å². The quantitative estimate of drug-likeness (QED) is 0.0563. The molecule has 0 aliphatic carbocycles. The fourth-order valence-electron chi connectivity index (χ4n) is 4.68. The van der Waals surface area contributed by atoms with Crippen LogP contribution in [0.3, 0.4) is 0 Å². The maximum Gasteiger partial charge on any atom is 0.326 e. The van der Waals surface area contributed by atoms with E-state index < -0.39 is 103 Å². The molecule has 0 aromatic rings. The fraction of sp³-hybridized carbons (Fsp3) is 0.688. The van der Waals surface area contributed by atoms with Crippen LogP contribution in [0, 0.1) is 17.8 Å². The predicted molar refractivity (Wildman–Crippen MR) is 170 cm³/mol. The number of ketones is 3. The molecule has 7 N–H and O–H groups in total. The minimum Gasteiger partial charge on any atom is -0.481 e. The van der Waals surface area contributed by atoms with Gasteiger partial charge in [0.05, 0.1) is 11.8 Å². The molecule has 17 heteroatoms. The smallest absolute Gasteiger partial charge is 0.326 e. The molecule has 0 spiro atoms. The van der Waals surface area contributed by atoms with Crippen molar-refractivity contribution < 1.29 is 68.4 Å². The van der Waals surface area contributed by atoms with Crippen molar-refractivity contribution in [1.82, 2.24) is 16.0 Å². The summed E-state index contributed by atoms with van der Waals surface area (Å²) in [6, 6.07) is -2.95. The molecule has 0 aromatic carbocycles. The van der Waals surface area contributed by atoms with E-state index in [1.165, 1.54) is 13.8 Å². The molecule has 0 saturated carbocycles. The van der Waals surface area contributed by atoms with Crippen molar-refractivity contribution >= 4 is 58.9 Å². The number of Topliss-reactive ketones (excluding diaryl/α,β-unsaturated/α-hetero) is 3. The number of aliphatic carboxylic acids is 4. The zero-order valence-electron chi connectivity index (χ0n) is 28.2. The summed E-state index contributed by atoms with van der Waals surface area (Å²) in [7, 11) is 0. The van der Waals surface area contributed by atoms with E-state index in [1.54, 1.807) is 0 Å². The molecule has 0 saturated heterocycles. The van der Waals surface area contributed by atoms with Crippen LogP contribution in [0.15, 0.2) is 0 Å². The highest BCUT2D eigenvalue weighted by Gasteiger charge is 2.27. The highest BCUT2D eigenvalue weighted by Crippen LogP contribution is 2.16. The van der Waals surface area contributed by atoms with Gasteiger partial charge in [0.2, 0.25) is 17.7 Å². The number of rotatable bonds is 28. The van der Waals surface area contributed by atoms with Crippen molar-refractivity contribution in [3.8, 4) is 0 Å². The zero-order chi connectivity index (χ0) is 37.7. The van der Waals surface area contributed by atoms with Crippen LogP contribution in [0.1, 0.15) is 104 Å². The summed E-state index contributed by atoms with van der Waals surface area (Å²) in [4.78, 5) is 118. The summed E-state index contributed by atoms with van der Waals surface area (Å²) in [5.41, 5.74) is 0. The Bertz CT molecular complexity index is 1220. The Morgan fingerprint density at radius 1 is 0.531 bits per heavy atom. The summed E-state index contributed by atoms with van der Waals surface area (Å²) >= 11 is 0. The van der Waals surface area contributed by atoms with E-state index in [4.69, 9.17) is 5.11 Å². The Hall–Kier alpha value is -4.70. The average Bonchev–Trinajstić information content (AvgIpc) is 3.00. The molecule has 5 atom stereocenters. The van der Waals surface area contributed by atoms with E-state index >= 15 is 0 Å². The number of hydrogen-bond acceptors (Lipinski definition) is 10. The number of amides is 3. The van der Waals surface area contributed by atoms with Crippen molar-refractivity contribution in [3.05, 3.63) is 0 Å². The largest absolute Gasteiger partial charge is 0.481 e. The van der Waals surface area contributed by atoms with Crippen LogP contribution >= 0.6 is 0 Å². The van der Waals surface area contributed by atoms with Crippen LogP contribution in [0.25, 0.3) is 0 Å². The Balaban J connectivity index is 4.79. The monoisotopic (exact) mass is 699 g/mol. The normalized spacial score (nSPS) is 13.9. The maximum atomic E-state index is 12.5. The molecule has 0 radical (unpaired) electrons. The SMILES string of the molecule is CC(=O)C[C@@H](CCC(=O)N[C@@H](CCC(=O)C[C@@H](CCC(=O)N[C@@H](CCC(=O)NCCCC[C@H](C)C(C)=O)C(=O)O)C(=O)O)C(=O)O)C(=O)O. The zero-order valence-corrected chi connectivity index (χ0v) is 28.2. The molecule has 17 nitrogen and oxygen atoms in total. The number of hydrogen-bond donors (Lipinski definition) is 7. The topological polar surface area (TPSA) is 288 Å². The second-order valence-corrected chi connectivity index (χ2v) is 12.1. The molecule has 0 rings (SSSR count). The molecule has 0 aromatic heterocycles. The molecule has 49 heavy (non-hydrogen) atoms. The van der Waals surface area contributed by atoms with Gasteiger partial charge in [0, 0.05) is 51.0 Å². The average molecular weight is 700 g/mol. The summed E-state index contributed by atoms with van der Waals surface area (Å²) < 4.78 is 0. The third-order valence-corrected chi connectivity index (χ3v) is 7.86. The van der Waals surface area contributed by atoms with Gasteiger partial charge in [-0.25, -0.2) is 9.59 Å². The van der Waals surface area contributed by atoms with Crippen LogP contribution in [-0.2, 0) is 47.9 Å². The van der Waals surface area contributed by atoms with Crippen LogP contribution in [0.5, 0.6) is 0 Å². The predicted octanol–water partition coefficient (Wildman–Crippen LogP) is 1.10. The lowest BCUT2D eigenvalue weighted by Gasteiger charge is -2.17. The Morgan fingerprint density at radius 2 is 0.980 bits per heavy atom. The summed E-state index contributed by atoms with van der Waals surface area (Å²) in [6.07, 6.45) is -1.47. The number of carboxylic acids is 4. The highest BCUT2D eigenvalue weighted by molar-refractivity contribution is 5.88. The second kappa shape index (κ2) is 23.6. The van der Waals surface area contributed by atoms with Crippen LogP contribution in [-0.4, -0.2) is 98.0 Å². The van der Waals surface area contributed by atoms with Gasteiger partial charge in [-0.3, -0.25) is 33.6 Å². The lowest BCUT2D eigenvalue weighted by Crippen LogP contribution is -2.42. The minimum atomic E-state index is -1.53. The lowest BCUT2D eigenvalue weighted by molar-refractivity contribution is -0.145. The lowest BCUT2D eigenvalue weighted by atomic mass is 9.94. The van der Waals surface area contributed by atoms with Gasteiger partial charge in [0.15, 0.2) is 0 Å². The van der Waals surface area contributed by atoms with Gasteiger partial charge in [-0.2, -0.15) is 0 Å². The van der Waals surface area contributed by atoms with Crippen LogP contribution < -0.4 is 16.0 Å². The molecule has 0 aliphatic rings. The van der Waals surface area contributed by atoms with E-state index in [2.05, 4.69) is 16.0 Å². The third kappa shape index (κ3) is 21.0. The molecule has 3 amide bonds. The van der Waals surface area contributed by atoms with Crippen molar-refractivity contribution in [1.29, 1.82) is 0 Å².